The summed E-state index contributed by atoms with van der Waals surface area (Å²) in [4.78, 5) is 0. The first-order chi connectivity index (χ1) is 18.5. The van der Waals surface area contributed by atoms with E-state index in [1.165, 1.54) is 34.4 Å². The summed E-state index contributed by atoms with van der Waals surface area (Å²) in [6.45, 7) is 16.5. The summed E-state index contributed by atoms with van der Waals surface area (Å²) in [5.74, 6) is 0.713. The molecule has 0 fully saturated rings. The zero-order valence-electron chi connectivity index (χ0n) is 24.5. The van der Waals surface area contributed by atoms with E-state index in [1.54, 1.807) is 6.07 Å². The number of fused-ring (bicyclic) bond motifs is 1. The molecule has 0 saturated heterocycles. The molecular weight excluding hydrogens is 464 g/mol. The molecule has 6 rings (SSSR count). The van der Waals surface area contributed by atoms with E-state index in [-0.39, 0.29) is 0 Å². The molecule has 0 amide bonds. The van der Waals surface area contributed by atoms with Crippen LogP contribution in [0, 0.1) is 0 Å². The van der Waals surface area contributed by atoms with Crippen molar-refractivity contribution >= 4 is 43.1 Å². The number of phenolic OH excluding ortho intramolecular Hbond substituents is 2. The van der Waals surface area contributed by atoms with Crippen LogP contribution in [0.5, 0.6) is 11.5 Å². The van der Waals surface area contributed by atoms with Crippen LogP contribution in [0.4, 0.5) is 0 Å². The maximum Gasteiger partial charge on any atom is 0.124 e. The minimum absolute atomic E-state index is 0.350. The van der Waals surface area contributed by atoms with Gasteiger partial charge in [-0.15, -0.1) is 0 Å². The third-order valence-corrected chi connectivity index (χ3v) is 5.25. The molecule has 0 unspecified atom stereocenters. The predicted molar refractivity (Wildman–Crippen MR) is 172 cm³/mol. The average molecular weight is 511 g/mol. The second-order valence-corrected chi connectivity index (χ2v) is 8.36. The molecule has 0 heterocycles. The Morgan fingerprint density at radius 3 is 1.45 bits per heavy atom. The van der Waals surface area contributed by atoms with E-state index < -0.39 is 0 Å². The van der Waals surface area contributed by atoms with E-state index in [0.717, 1.165) is 21.5 Å². The SMILES string of the molecule is CC.CC.CCC.CCC.Oc1cc2cccc3ccc4cccc1c4c32.Oc1cccc2ccccc12. The molecule has 0 atom stereocenters. The van der Waals surface area contributed by atoms with Gasteiger partial charge >= 0.3 is 0 Å². The zero-order chi connectivity index (χ0) is 28.5. The van der Waals surface area contributed by atoms with Gasteiger partial charge in [-0.2, -0.15) is 0 Å². The van der Waals surface area contributed by atoms with Crippen molar-refractivity contribution in [2.24, 2.45) is 0 Å². The molecule has 6 aromatic rings. The highest BCUT2D eigenvalue weighted by Crippen LogP contribution is 2.38. The zero-order valence-corrected chi connectivity index (χ0v) is 24.5. The second kappa shape index (κ2) is 17.6. The van der Waals surface area contributed by atoms with E-state index in [1.807, 2.05) is 94.4 Å². The topological polar surface area (TPSA) is 40.5 Å². The fourth-order valence-electron chi connectivity index (χ4n) is 3.95. The molecule has 2 nitrogen and oxygen atoms in total. The smallest absolute Gasteiger partial charge is 0.124 e. The van der Waals surface area contributed by atoms with Crippen molar-refractivity contribution in [3.05, 3.63) is 97.1 Å². The third-order valence-electron chi connectivity index (χ3n) is 5.25. The molecule has 0 aliphatic heterocycles. The molecule has 2 N–H and O–H groups in total. The van der Waals surface area contributed by atoms with Gasteiger partial charge in [0.05, 0.1) is 0 Å². The minimum atomic E-state index is 0.350. The lowest BCUT2D eigenvalue weighted by Crippen LogP contribution is -1.83. The highest BCUT2D eigenvalue weighted by molar-refractivity contribution is 6.24. The first kappa shape index (κ1) is 32.2. The number of phenols is 2. The number of benzene rings is 6. The Labute approximate surface area is 229 Å². The number of hydrogen-bond donors (Lipinski definition) is 2. The lowest BCUT2D eigenvalue weighted by molar-refractivity contribution is 0.481. The fraction of sp³-hybridized carbons (Fsp3) is 0.278. The molecule has 0 saturated carbocycles. The van der Waals surface area contributed by atoms with Gasteiger partial charge in [-0.05, 0) is 39.1 Å². The van der Waals surface area contributed by atoms with Gasteiger partial charge in [0.1, 0.15) is 11.5 Å². The van der Waals surface area contributed by atoms with Crippen molar-refractivity contribution in [2.75, 3.05) is 0 Å². The molecule has 0 bridgehead atoms. The van der Waals surface area contributed by atoms with Crippen molar-refractivity contribution in [3.63, 3.8) is 0 Å². The van der Waals surface area contributed by atoms with Crippen molar-refractivity contribution in [3.8, 4) is 11.5 Å². The molecule has 38 heavy (non-hydrogen) atoms. The van der Waals surface area contributed by atoms with Gasteiger partial charge in [0.25, 0.3) is 0 Å². The Kier molecular flexibility index (Phi) is 15.0. The second-order valence-electron chi connectivity index (χ2n) is 8.36. The van der Waals surface area contributed by atoms with Crippen LogP contribution in [0.3, 0.4) is 0 Å². The van der Waals surface area contributed by atoms with Gasteiger partial charge in [-0.3, -0.25) is 0 Å². The number of hydrogen-bond acceptors (Lipinski definition) is 2. The summed E-state index contributed by atoms with van der Waals surface area (Å²) in [6, 6.07) is 31.6. The van der Waals surface area contributed by atoms with E-state index in [9.17, 15) is 10.2 Å². The van der Waals surface area contributed by atoms with E-state index in [2.05, 4.69) is 52.0 Å². The molecule has 0 radical (unpaired) electrons. The Morgan fingerprint density at radius 1 is 0.421 bits per heavy atom. The first-order valence-corrected chi connectivity index (χ1v) is 14.1. The van der Waals surface area contributed by atoms with Gasteiger partial charge in [-0.25, -0.2) is 0 Å². The molecule has 0 aromatic heterocycles. The summed E-state index contributed by atoms with van der Waals surface area (Å²) >= 11 is 0. The van der Waals surface area contributed by atoms with E-state index in [0.29, 0.717) is 11.5 Å². The molecular formula is C36H46O2. The maximum atomic E-state index is 10.1. The predicted octanol–water partition coefficient (Wildman–Crippen LogP) is 11.7. The van der Waals surface area contributed by atoms with Crippen LogP contribution in [-0.4, -0.2) is 10.2 Å². The third kappa shape index (κ3) is 8.11. The number of aromatic hydroxyl groups is 2. The minimum Gasteiger partial charge on any atom is -0.507 e. The highest BCUT2D eigenvalue weighted by atomic mass is 16.3. The highest BCUT2D eigenvalue weighted by Gasteiger charge is 2.10. The number of rotatable bonds is 0. The van der Waals surface area contributed by atoms with Gasteiger partial charge in [0.2, 0.25) is 0 Å². The molecule has 2 heteroatoms. The van der Waals surface area contributed by atoms with E-state index in [4.69, 9.17) is 0 Å². The standard InChI is InChI=1S/C16H10O.C10H8O.2C3H8.2C2H6/c17-14-9-12-5-1-3-10-7-8-11-4-2-6-13(14)16(11)15(10)12;11-10-7-3-5-8-4-1-2-6-9(8)10;2*1-3-2;2*1-2/h1-9,17H;1-7,11H;2*3H2,1-2H3;2*1-2H3. The van der Waals surface area contributed by atoms with Gasteiger partial charge in [0.15, 0.2) is 0 Å². The largest absolute Gasteiger partial charge is 0.507 e. The summed E-state index contributed by atoms with van der Waals surface area (Å²) < 4.78 is 0. The summed E-state index contributed by atoms with van der Waals surface area (Å²) in [5, 5.41) is 28.3. The van der Waals surface area contributed by atoms with Crippen LogP contribution in [0.2, 0.25) is 0 Å². The fourth-order valence-corrected chi connectivity index (χ4v) is 3.95. The summed E-state index contributed by atoms with van der Waals surface area (Å²) in [6.07, 6.45) is 2.50. The van der Waals surface area contributed by atoms with Crippen molar-refractivity contribution in [1.29, 1.82) is 0 Å². The van der Waals surface area contributed by atoms with Crippen molar-refractivity contribution in [2.45, 2.75) is 68.2 Å². The molecule has 0 spiro atoms. The molecule has 0 aliphatic rings. The van der Waals surface area contributed by atoms with Crippen LogP contribution in [0.25, 0.3) is 43.1 Å². The quantitative estimate of drug-likeness (QED) is 0.199. The lowest BCUT2D eigenvalue weighted by Gasteiger charge is -2.11. The Hall–Kier alpha value is -3.78. The van der Waals surface area contributed by atoms with Gasteiger partial charge < -0.3 is 10.2 Å². The Morgan fingerprint density at radius 2 is 0.842 bits per heavy atom. The Balaban J connectivity index is 0.000000298. The van der Waals surface area contributed by atoms with Crippen LogP contribution in [-0.2, 0) is 0 Å². The van der Waals surface area contributed by atoms with E-state index >= 15 is 0 Å². The molecule has 0 aliphatic carbocycles. The average Bonchev–Trinajstić information content (AvgIpc) is 2.96. The summed E-state index contributed by atoms with van der Waals surface area (Å²) in [7, 11) is 0. The van der Waals surface area contributed by atoms with Crippen LogP contribution in [0.1, 0.15) is 68.2 Å². The Bertz CT molecular complexity index is 1460. The van der Waals surface area contributed by atoms with Crippen LogP contribution >= 0.6 is 0 Å². The van der Waals surface area contributed by atoms with Crippen LogP contribution in [0.15, 0.2) is 97.1 Å². The summed E-state index contributed by atoms with van der Waals surface area (Å²) in [5.41, 5.74) is 0. The lowest BCUT2D eigenvalue weighted by atomic mass is 9.94. The molecule has 202 valence electrons. The van der Waals surface area contributed by atoms with Gasteiger partial charge in [-0.1, -0.05) is 153 Å². The van der Waals surface area contributed by atoms with Crippen LogP contribution < -0.4 is 0 Å². The van der Waals surface area contributed by atoms with Gasteiger partial charge in [0, 0.05) is 16.2 Å². The first-order valence-electron chi connectivity index (χ1n) is 14.1. The maximum absolute atomic E-state index is 10.1. The van der Waals surface area contributed by atoms with Crippen molar-refractivity contribution in [1.82, 2.24) is 0 Å². The molecule has 6 aromatic carbocycles. The van der Waals surface area contributed by atoms with Crippen molar-refractivity contribution < 1.29 is 10.2 Å². The monoisotopic (exact) mass is 510 g/mol. The normalized spacial score (nSPS) is 9.47.